The molecule has 2 rings (SSSR count). The molecule has 0 bridgehead atoms. The van der Waals surface area contributed by atoms with Crippen molar-refractivity contribution in [2.24, 2.45) is 0 Å². The lowest BCUT2D eigenvalue weighted by molar-refractivity contribution is 0.322. The molecule has 0 saturated carbocycles. The second-order valence-corrected chi connectivity index (χ2v) is 4.32. The van der Waals surface area contributed by atoms with E-state index in [1.807, 2.05) is 31.3 Å². The van der Waals surface area contributed by atoms with Crippen molar-refractivity contribution < 1.29 is 0 Å². The van der Waals surface area contributed by atoms with E-state index < -0.39 is 0 Å². The molecule has 0 radical (unpaired) electrons. The zero-order valence-electron chi connectivity index (χ0n) is 10.0. The number of hydrogen-bond acceptors (Lipinski definition) is 3. The van der Waals surface area contributed by atoms with E-state index in [1.54, 1.807) is 0 Å². The number of rotatable bonds is 3. The molecule has 1 N–H and O–H groups in total. The van der Waals surface area contributed by atoms with Gasteiger partial charge in [-0.15, -0.1) is 12.4 Å². The fourth-order valence-electron chi connectivity index (χ4n) is 2.15. The van der Waals surface area contributed by atoms with Gasteiger partial charge in [-0.3, -0.25) is 4.90 Å². The summed E-state index contributed by atoms with van der Waals surface area (Å²) in [6.07, 6.45) is 1.23. The van der Waals surface area contributed by atoms with Gasteiger partial charge in [0.1, 0.15) is 0 Å². The van der Waals surface area contributed by atoms with Crippen molar-refractivity contribution in [3.05, 3.63) is 35.4 Å². The fraction of sp³-hybridized carbons (Fsp3) is 0.462. The van der Waals surface area contributed by atoms with E-state index in [4.69, 9.17) is 5.26 Å². The van der Waals surface area contributed by atoms with Crippen LogP contribution in [-0.4, -0.2) is 31.1 Å². The molecular weight excluding hydrogens is 234 g/mol. The number of nitriles is 1. The lowest BCUT2D eigenvalue weighted by Gasteiger charge is -2.15. The smallest absolute Gasteiger partial charge is 0.0991 e. The van der Waals surface area contributed by atoms with Crippen LogP contribution < -0.4 is 5.32 Å². The van der Waals surface area contributed by atoms with Crippen LogP contribution in [0.3, 0.4) is 0 Å². The number of hydrogen-bond donors (Lipinski definition) is 1. The highest BCUT2D eigenvalue weighted by atomic mass is 35.5. The zero-order valence-corrected chi connectivity index (χ0v) is 10.8. The number of nitrogens with zero attached hydrogens (tertiary/aromatic N) is 2. The summed E-state index contributed by atoms with van der Waals surface area (Å²) in [5.41, 5.74) is 2.02. The van der Waals surface area contributed by atoms with E-state index in [1.165, 1.54) is 12.0 Å². The summed E-state index contributed by atoms with van der Waals surface area (Å²) >= 11 is 0. The Hall–Kier alpha value is -1.08. The minimum Gasteiger partial charge on any atom is -0.316 e. The van der Waals surface area contributed by atoms with Gasteiger partial charge in [0, 0.05) is 25.7 Å². The van der Waals surface area contributed by atoms with Gasteiger partial charge in [0.15, 0.2) is 0 Å². The molecule has 0 aliphatic carbocycles. The van der Waals surface area contributed by atoms with Crippen molar-refractivity contribution in [3.63, 3.8) is 0 Å². The molecule has 92 valence electrons. The molecule has 17 heavy (non-hydrogen) atoms. The first-order valence-corrected chi connectivity index (χ1v) is 5.70. The van der Waals surface area contributed by atoms with Crippen molar-refractivity contribution in [2.75, 3.05) is 20.1 Å². The topological polar surface area (TPSA) is 39.1 Å². The van der Waals surface area contributed by atoms with E-state index in [2.05, 4.69) is 16.3 Å². The quantitative estimate of drug-likeness (QED) is 0.890. The number of likely N-dealkylation sites (N-methyl/N-ethyl adjacent to an activating group) is 1. The van der Waals surface area contributed by atoms with Crippen molar-refractivity contribution >= 4 is 12.4 Å². The lowest BCUT2D eigenvalue weighted by Crippen LogP contribution is -2.29. The van der Waals surface area contributed by atoms with Crippen LogP contribution in [0.15, 0.2) is 24.3 Å². The average molecular weight is 252 g/mol. The van der Waals surface area contributed by atoms with Crippen LogP contribution in [0.5, 0.6) is 0 Å². The molecule has 0 spiro atoms. The Balaban J connectivity index is 0.00000144. The standard InChI is InChI=1S/C13H17N3.ClH/c1-15-13-6-7-16(10-13)9-12-4-2-11(8-14)3-5-12;/h2-5,13,15H,6-7,9-10H2,1H3;1H. The van der Waals surface area contributed by atoms with Gasteiger partial charge in [-0.1, -0.05) is 12.1 Å². The Bertz CT molecular complexity index is 383. The summed E-state index contributed by atoms with van der Waals surface area (Å²) in [6.45, 7) is 3.27. The third-order valence-electron chi connectivity index (χ3n) is 3.17. The second-order valence-electron chi connectivity index (χ2n) is 4.32. The maximum absolute atomic E-state index is 8.71. The second kappa shape index (κ2) is 6.61. The zero-order chi connectivity index (χ0) is 11.4. The highest BCUT2D eigenvalue weighted by Gasteiger charge is 2.20. The van der Waals surface area contributed by atoms with Crippen LogP contribution in [0.1, 0.15) is 17.5 Å². The van der Waals surface area contributed by atoms with Gasteiger partial charge in [-0.05, 0) is 31.2 Å². The molecular formula is C13H18ClN3. The number of likely N-dealkylation sites (tertiary alicyclic amines) is 1. The van der Waals surface area contributed by atoms with E-state index >= 15 is 0 Å². The molecule has 1 aliphatic heterocycles. The summed E-state index contributed by atoms with van der Waals surface area (Å²) in [4.78, 5) is 2.45. The van der Waals surface area contributed by atoms with Crippen LogP contribution in [0, 0.1) is 11.3 Å². The van der Waals surface area contributed by atoms with Gasteiger partial charge in [0.25, 0.3) is 0 Å². The monoisotopic (exact) mass is 251 g/mol. The summed E-state index contributed by atoms with van der Waals surface area (Å²) in [5.74, 6) is 0. The summed E-state index contributed by atoms with van der Waals surface area (Å²) < 4.78 is 0. The highest BCUT2D eigenvalue weighted by molar-refractivity contribution is 5.85. The van der Waals surface area contributed by atoms with E-state index in [-0.39, 0.29) is 12.4 Å². The van der Waals surface area contributed by atoms with Gasteiger partial charge in [-0.2, -0.15) is 5.26 Å². The first kappa shape index (κ1) is 14.0. The first-order chi connectivity index (χ1) is 7.81. The van der Waals surface area contributed by atoms with E-state index in [9.17, 15) is 0 Å². The Morgan fingerprint density at radius 2 is 2.12 bits per heavy atom. The van der Waals surface area contributed by atoms with Crippen molar-refractivity contribution in [2.45, 2.75) is 19.0 Å². The predicted octanol–water partition coefficient (Wildman–Crippen LogP) is 1.77. The first-order valence-electron chi connectivity index (χ1n) is 5.70. The fourth-order valence-corrected chi connectivity index (χ4v) is 2.15. The predicted molar refractivity (Wildman–Crippen MR) is 71.1 cm³/mol. The summed E-state index contributed by atoms with van der Waals surface area (Å²) in [5, 5.41) is 12.0. The molecule has 1 heterocycles. The minimum atomic E-state index is 0. The van der Waals surface area contributed by atoms with Crippen LogP contribution in [0.4, 0.5) is 0 Å². The molecule has 1 atom stereocenters. The summed E-state index contributed by atoms with van der Waals surface area (Å²) in [7, 11) is 2.02. The van der Waals surface area contributed by atoms with Gasteiger partial charge in [0.05, 0.1) is 11.6 Å². The maximum atomic E-state index is 8.71. The van der Waals surface area contributed by atoms with Gasteiger partial charge >= 0.3 is 0 Å². The Morgan fingerprint density at radius 1 is 1.41 bits per heavy atom. The van der Waals surface area contributed by atoms with Crippen molar-refractivity contribution in [3.8, 4) is 6.07 Å². The third kappa shape index (κ3) is 3.71. The highest BCUT2D eigenvalue weighted by Crippen LogP contribution is 2.13. The molecule has 1 fully saturated rings. The van der Waals surface area contributed by atoms with E-state index in [0.29, 0.717) is 6.04 Å². The molecule has 1 saturated heterocycles. The van der Waals surface area contributed by atoms with Gasteiger partial charge < -0.3 is 5.32 Å². The maximum Gasteiger partial charge on any atom is 0.0991 e. The molecule has 3 nitrogen and oxygen atoms in total. The third-order valence-corrected chi connectivity index (χ3v) is 3.17. The molecule has 1 aromatic rings. The normalized spacial score (nSPS) is 19.6. The Labute approximate surface area is 109 Å². The minimum absolute atomic E-state index is 0. The van der Waals surface area contributed by atoms with Crippen LogP contribution >= 0.6 is 12.4 Å². The molecule has 1 unspecified atom stereocenters. The van der Waals surface area contributed by atoms with Gasteiger partial charge in [0.2, 0.25) is 0 Å². The Morgan fingerprint density at radius 3 is 2.65 bits per heavy atom. The molecule has 0 aromatic heterocycles. The van der Waals surface area contributed by atoms with Crippen molar-refractivity contribution in [1.29, 1.82) is 5.26 Å². The SMILES string of the molecule is CNC1CCN(Cc2ccc(C#N)cc2)C1.Cl. The average Bonchev–Trinajstić information content (AvgIpc) is 2.78. The lowest BCUT2D eigenvalue weighted by atomic mass is 10.1. The number of nitrogens with one attached hydrogen (secondary N) is 1. The van der Waals surface area contributed by atoms with Crippen LogP contribution in [-0.2, 0) is 6.54 Å². The molecule has 0 amide bonds. The van der Waals surface area contributed by atoms with Crippen LogP contribution in [0.2, 0.25) is 0 Å². The van der Waals surface area contributed by atoms with Gasteiger partial charge in [-0.25, -0.2) is 0 Å². The molecule has 1 aliphatic rings. The van der Waals surface area contributed by atoms with Crippen LogP contribution in [0.25, 0.3) is 0 Å². The Kier molecular flexibility index (Phi) is 5.43. The molecule has 4 heteroatoms. The van der Waals surface area contributed by atoms with E-state index in [0.717, 1.165) is 25.2 Å². The largest absolute Gasteiger partial charge is 0.316 e. The molecule has 1 aromatic carbocycles. The number of halogens is 1. The van der Waals surface area contributed by atoms with Crippen molar-refractivity contribution in [1.82, 2.24) is 10.2 Å². The summed E-state index contributed by atoms with van der Waals surface area (Å²) in [6, 6.07) is 10.7. The number of benzene rings is 1.